The summed E-state index contributed by atoms with van der Waals surface area (Å²) in [6.45, 7) is -0.390. The fourth-order valence-corrected chi connectivity index (χ4v) is 2.19. The molecular weight excluding hydrogens is 340 g/mol. The van der Waals surface area contributed by atoms with Gasteiger partial charge in [-0.05, 0) is 42.0 Å². The highest BCUT2D eigenvalue weighted by molar-refractivity contribution is 5.97. The highest BCUT2D eigenvalue weighted by Crippen LogP contribution is 2.11. The maximum atomic E-state index is 11.9. The number of amides is 2. The van der Waals surface area contributed by atoms with Crippen molar-refractivity contribution in [3.05, 3.63) is 59.7 Å². The molecule has 2 amide bonds. The number of phenolic OH excluding ortho intramolecular Hbond substituents is 2. The zero-order valence-electron chi connectivity index (χ0n) is 13.7. The van der Waals surface area contributed by atoms with Crippen LogP contribution in [0.2, 0.25) is 0 Å². The minimum atomic E-state index is -1.21. The van der Waals surface area contributed by atoms with Crippen molar-refractivity contribution in [2.24, 2.45) is 0 Å². The molecule has 0 fully saturated rings. The van der Waals surface area contributed by atoms with Gasteiger partial charge in [-0.3, -0.25) is 9.59 Å². The normalized spacial score (nSPS) is 11.4. The Kier molecular flexibility index (Phi) is 6.15. The van der Waals surface area contributed by atoms with Crippen LogP contribution in [0.1, 0.15) is 15.9 Å². The first-order valence-corrected chi connectivity index (χ1v) is 7.72. The number of benzene rings is 2. The summed E-state index contributed by atoms with van der Waals surface area (Å²) >= 11 is 0. The van der Waals surface area contributed by atoms with E-state index >= 15 is 0 Å². The number of nitrogens with one attached hydrogen (secondary N) is 2. The highest BCUT2D eigenvalue weighted by atomic mass is 16.4. The monoisotopic (exact) mass is 358 g/mol. The van der Waals surface area contributed by atoms with E-state index in [1.807, 2.05) is 0 Å². The standard InChI is InChI=1S/C18H18N2O6/c21-13-5-1-11(2-6-13)9-15(18(25)26)20-16(23)10-19-17(24)12-3-7-14(22)8-4-12/h1-8,15,21-22H,9-10H2,(H,19,24)(H,20,23)(H,25,26)/t15-/m0/s1. The van der Waals surface area contributed by atoms with Crippen LogP contribution in [-0.4, -0.2) is 45.7 Å². The Morgan fingerprint density at radius 1 is 0.885 bits per heavy atom. The largest absolute Gasteiger partial charge is 0.508 e. The molecule has 5 N–H and O–H groups in total. The van der Waals surface area contributed by atoms with Gasteiger partial charge in [0.25, 0.3) is 5.91 Å². The van der Waals surface area contributed by atoms with Crippen LogP contribution >= 0.6 is 0 Å². The summed E-state index contributed by atoms with van der Waals surface area (Å²) in [5.41, 5.74) is 0.887. The summed E-state index contributed by atoms with van der Waals surface area (Å²) in [4.78, 5) is 35.1. The SMILES string of the molecule is O=C(CNC(=O)c1ccc(O)cc1)N[C@@H](Cc1ccc(O)cc1)C(=O)O. The van der Waals surface area contributed by atoms with E-state index in [4.69, 9.17) is 0 Å². The lowest BCUT2D eigenvalue weighted by Crippen LogP contribution is -2.46. The zero-order chi connectivity index (χ0) is 19.1. The molecule has 2 rings (SSSR count). The van der Waals surface area contributed by atoms with Crippen molar-refractivity contribution in [2.75, 3.05) is 6.54 Å². The van der Waals surface area contributed by atoms with E-state index in [0.717, 1.165) is 0 Å². The van der Waals surface area contributed by atoms with Gasteiger partial charge >= 0.3 is 5.97 Å². The van der Waals surface area contributed by atoms with E-state index in [-0.39, 0.29) is 30.0 Å². The van der Waals surface area contributed by atoms with E-state index in [1.165, 1.54) is 36.4 Å². The van der Waals surface area contributed by atoms with Gasteiger partial charge in [0.1, 0.15) is 17.5 Å². The maximum absolute atomic E-state index is 11.9. The van der Waals surface area contributed by atoms with Crippen LogP contribution in [0.4, 0.5) is 0 Å². The fraction of sp³-hybridized carbons (Fsp3) is 0.167. The van der Waals surface area contributed by atoms with Crippen molar-refractivity contribution in [1.29, 1.82) is 0 Å². The van der Waals surface area contributed by atoms with Crippen molar-refractivity contribution in [3.63, 3.8) is 0 Å². The van der Waals surface area contributed by atoms with Crippen molar-refractivity contribution in [1.82, 2.24) is 10.6 Å². The Labute approximate surface area is 149 Å². The molecular formula is C18H18N2O6. The lowest BCUT2D eigenvalue weighted by Gasteiger charge is -2.15. The third-order valence-corrected chi connectivity index (χ3v) is 3.55. The second kappa shape index (κ2) is 8.52. The molecule has 2 aromatic rings. The summed E-state index contributed by atoms with van der Waals surface area (Å²) in [6, 6.07) is 10.3. The molecule has 2 aromatic carbocycles. The predicted molar refractivity (Wildman–Crippen MR) is 91.8 cm³/mol. The summed E-state index contributed by atoms with van der Waals surface area (Å²) in [6.07, 6.45) is 0.0350. The van der Waals surface area contributed by atoms with E-state index in [9.17, 15) is 29.7 Å². The van der Waals surface area contributed by atoms with Gasteiger partial charge in [0.05, 0.1) is 6.54 Å². The molecule has 136 valence electrons. The maximum Gasteiger partial charge on any atom is 0.326 e. The molecule has 0 saturated carbocycles. The summed E-state index contributed by atoms with van der Waals surface area (Å²) in [7, 11) is 0. The molecule has 0 aliphatic carbocycles. The van der Waals surface area contributed by atoms with Gasteiger partial charge in [-0.2, -0.15) is 0 Å². The third-order valence-electron chi connectivity index (χ3n) is 3.55. The molecule has 0 unspecified atom stereocenters. The predicted octanol–water partition coefficient (Wildman–Crippen LogP) is 0.640. The highest BCUT2D eigenvalue weighted by Gasteiger charge is 2.20. The number of hydrogen-bond acceptors (Lipinski definition) is 5. The van der Waals surface area contributed by atoms with Gasteiger partial charge in [0.15, 0.2) is 0 Å². The number of carboxylic acids is 1. The second-order valence-corrected chi connectivity index (χ2v) is 5.56. The van der Waals surface area contributed by atoms with Crippen LogP contribution in [0, 0.1) is 0 Å². The van der Waals surface area contributed by atoms with Crippen molar-refractivity contribution in [2.45, 2.75) is 12.5 Å². The molecule has 0 bridgehead atoms. The molecule has 0 heterocycles. The number of phenols is 2. The van der Waals surface area contributed by atoms with Crippen molar-refractivity contribution >= 4 is 17.8 Å². The number of carboxylic acid groups (broad SMARTS) is 1. The smallest absolute Gasteiger partial charge is 0.326 e. The molecule has 26 heavy (non-hydrogen) atoms. The zero-order valence-corrected chi connectivity index (χ0v) is 13.7. The van der Waals surface area contributed by atoms with E-state index in [0.29, 0.717) is 5.56 Å². The number of rotatable bonds is 7. The van der Waals surface area contributed by atoms with Gasteiger partial charge in [-0.15, -0.1) is 0 Å². The first kappa shape index (κ1) is 18.8. The third kappa shape index (κ3) is 5.52. The van der Waals surface area contributed by atoms with E-state index < -0.39 is 23.8 Å². The number of carbonyl (C=O) groups is 3. The number of carbonyl (C=O) groups excluding carboxylic acids is 2. The lowest BCUT2D eigenvalue weighted by molar-refractivity contribution is -0.141. The van der Waals surface area contributed by atoms with Gasteiger partial charge in [0.2, 0.25) is 5.91 Å². The minimum Gasteiger partial charge on any atom is -0.508 e. The van der Waals surface area contributed by atoms with Crippen LogP contribution in [0.3, 0.4) is 0 Å². The molecule has 0 radical (unpaired) electrons. The minimum absolute atomic E-state index is 0.0119. The van der Waals surface area contributed by atoms with E-state index in [2.05, 4.69) is 10.6 Å². The van der Waals surface area contributed by atoms with E-state index in [1.54, 1.807) is 12.1 Å². The lowest BCUT2D eigenvalue weighted by atomic mass is 10.1. The average molecular weight is 358 g/mol. The summed E-state index contributed by atoms with van der Waals surface area (Å²) in [5, 5.41) is 32.4. The first-order valence-electron chi connectivity index (χ1n) is 7.72. The Bertz CT molecular complexity index is 786. The Balaban J connectivity index is 1.88. The van der Waals surface area contributed by atoms with Gasteiger partial charge in [-0.1, -0.05) is 12.1 Å². The van der Waals surface area contributed by atoms with Crippen LogP contribution in [-0.2, 0) is 16.0 Å². The molecule has 0 spiro atoms. The summed E-state index contributed by atoms with van der Waals surface area (Å²) < 4.78 is 0. The van der Waals surface area contributed by atoms with Crippen molar-refractivity contribution < 1.29 is 29.7 Å². The van der Waals surface area contributed by atoms with Crippen molar-refractivity contribution in [3.8, 4) is 11.5 Å². The van der Waals surface area contributed by atoms with Gasteiger partial charge in [0, 0.05) is 12.0 Å². The van der Waals surface area contributed by atoms with Gasteiger partial charge in [-0.25, -0.2) is 4.79 Å². The molecule has 0 aliphatic heterocycles. The van der Waals surface area contributed by atoms with Crippen LogP contribution in [0.5, 0.6) is 11.5 Å². The number of aromatic hydroxyl groups is 2. The Hall–Kier alpha value is -3.55. The van der Waals surface area contributed by atoms with Crippen LogP contribution < -0.4 is 10.6 Å². The number of hydrogen-bond donors (Lipinski definition) is 5. The quantitative estimate of drug-likeness (QED) is 0.493. The number of aliphatic carboxylic acids is 1. The average Bonchev–Trinajstić information content (AvgIpc) is 2.61. The first-order chi connectivity index (χ1) is 12.3. The van der Waals surface area contributed by atoms with Gasteiger partial charge < -0.3 is 26.0 Å². The van der Waals surface area contributed by atoms with Crippen LogP contribution in [0.15, 0.2) is 48.5 Å². The molecule has 1 atom stereocenters. The molecule has 0 aliphatic rings. The topological polar surface area (TPSA) is 136 Å². The Morgan fingerprint density at radius 2 is 1.42 bits per heavy atom. The fourth-order valence-electron chi connectivity index (χ4n) is 2.19. The van der Waals surface area contributed by atoms with Crippen LogP contribution in [0.25, 0.3) is 0 Å². The molecule has 8 heteroatoms. The Morgan fingerprint density at radius 3 is 1.96 bits per heavy atom. The molecule has 0 saturated heterocycles. The second-order valence-electron chi connectivity index (χ2n) is 5.56. The molecule has 8 nitrogen and oxygen atoms in total. The summed E-state index contributed by atoms with van der Waals surface area (Å²) in [5.74, 6) is -2.32. The molecule has 0 aromatic heterocycles.